The number of aromatic hydroxyl groups is 1. The summed E-state index contributed by atoms with van der Waals surface area (Å²) in [6.07, 6.45) is 0. The van der Waals surface area contributed by atoms with Crippen LogP contribution in [0.3, 0.4) is 0 Å². The van der Waals surface area contributed by atoms with Gasteiger partial charge in [-0.25, -0.2) is 0 Å². The number of carbonyl (C=O) groups is 1. The molecule has 0 radical (unpaired) electrons. The monoisotopic (exact) mass is 776 g/mol. The summed E-state index contributed by atoms with van der Waals surface area (Å²) in [5.74, 6) is 1.11. The lowest BCUT2D eigenvalue weighted by molar-refractivity contribution is -0.120. The largest absolute Gasteiger partial charge is 0.508 e. The van der Waals surface area contributed by atoms with Gasteiger partial charge in [0.25, 0.3) is 5.91 Å². The van der Waals surface area contributed by atoms with Gasteiger partial charge < -0.3 is 15.6 Å². The molecule has 0 fully saturated rings. The van der Waals surface area contributed by atoms with E-state index in [1.165, 1.54) is 0 Å². The molecule has 24 heavy (non-hydrogen) atoms. The van der Waals surface area contributed by atoms with E-state index in [1.807, 2.05) is 24.3 Å². The van der Waals surface area contributed by atoms with Crippen molar-refractivity contribution >= 4 is 96.8 Å². The number of hydrogen-bond donors (Lipinski definition) is 2. The van der Waals surface area contributed by atoms with Crippen LogP contribution in [0.25, 0.3) is 0 Å². The standard InChI is InChI=1S/C15H12I4N2O3/c16-13(15(17,14(20)23)21(18)19)9-1-5-11(6-2-9)24-12-7-3-10(22)4-8-12/h1-8,13,22H,(H2,20,23)/t13?,15-/m0/s1. The molecule has 0 heterocycles. The predicted molar refractivity (Wildman–Crippen MR) is 127 cm³/mol. The molecule has 128 valence electrons. The number of rotatable bonds is 6. The Labute approximate surface area is 195 Å². The number of phenolic OH excluding ortho intramolecular Hbond substituents is 1. The smallest absolute Gasteiger partial charge is 0.251 e. The lowest BCUT2D eigenvalue weighted by Crippen LogP contribution is -2.47. The number of carbonyl (C=O) groups excluding carboxylic acids is 1. The van der Waals surface area contributed by atoms with E-state index in [0.717, 1.165) is 5.56 Å². The minimum Gasteiger partial charge on any atom is -0.508 e. The number of halogens is 4. The summed E-state index contributed by atoms with van der Waals surface area (Å²) in [4.78, 5) is 11.9. The Morgan fingerprint density at radius 3 is 1.96 bits per heavy atom. The maximum Gasteiger partial charge on any atom is 0.251 e. The van der Waals surface area contributed by atoms with E-state index in [0.29, 0.717) is 11.5 Å². The Bertz CT molecular complexity index is 710. The number of benzene rings is 2. The third-order valence-corrected chi connectivity index (χ3v) is 11.0. The summed E-state index contributed by atoms with van der Waals surface area (Å²) in [6, 6.07) is 14.0. The van der Waals surface area contributed by atoms with Crippen LogP contribution in [0, 0.1) is 0 Å². The molecule has 0 saturated carbocycles. The number of primary amides is 1. The third-order valence-electron chi connectivity index (χ3n) is 3.17. The number of amides is 1. The molecule has 2 atom stereocenters. The molecule has 9 heteroatoms. The summed E-state index contributed by atoms with van der Waals surface area (Å²) in [6.45, 7) is 0. The first-order chi connectivity index (χ1) is 11.2. The van der Waals surface area contributed by atoms with Crippen molar-refractivity contribution in [3.05, 3.63) is 54.1 Å². The number of nitrogens with zero attached hydrogens (tertiary/aromatic N) is 1. The van der Waals surface area contributed by atoms with Gasteiger partial charge in [0.05, 0.1) is 3.92 Å². The topological polar surface area (TPSA) is 75.8 Å². The van der Waals surface area contributed by atoms with E-state index in [4.69, 9.17) is 10.5 Å². The average Bonchev–Trinajstić information content (AvgIpc) is 2.55. The van der Waals surface area contributed by atoms with Gasteiger partial charge in [-0.15, -0.1) is 0 Å². The molecule has 2 aromatic rings. The molecule has 2 aromatic carbocycles. The minimum absolute atomic E-state index is 0.135. The maximum absolute atomic E-state index is 11.9. The molecule has 0 spiro atoms. The number of phenols is 1. The van der Waals surface area contributed by atoms with Gasteiger partial charge in [-0.1, -0.05) is 34.7 Å². The lowest BCUT2D eigenvalue weighted by atomic mass is 10.1. The van der Waals surface area contributed by atoms with Gasteiger partial charge in [-0.2, -0.15) is 1.33 Å². The van der Waals surface area contributed by atoms with Crippen LogP contribution in [0.4, 0.5) is 0 Å². The van der Waals surface area contributed by atoms with Crippen LogP contribution < -0.4 is 10.5 Å². The first-order valence-electron chi connectivity index (χ1n) is 6.56. The molecule has 1 unspecified atom stereocenters. The van der Waals surface area contributed by atoms with Crippen molar-refractivity contribution in [1.29, 1.82) is 0 Å². The van der Waals surface area contributed by atoms with Gasteiger partial charge in [0.2, 0.25) is 0 Å². The fourth-order valence-electron chi connectivity index (χ4n) is 1.87. The second kappa shape index (κ2) is 8.85. The van der Waals surface area contributed by atoms with E-state index < -0.39 is 9.45 Å². The van der Waals surface area contributed by atoms with Crippen molar-refractivity contribution < 1.29 is 14.6 Å². The van der Waals surface area contributed by atoms with Crippen LogP contribution in [0.15, 0.2) is 48.5 Å². The first-order valence-corrected chi connectivity index (χ1v) is 10.8. The van der Waals surface area contributed by atoms with Crippen LogP contribution in [-0.4, -0.2) is 15.9 Å². The van der Waals surface area contributed by atoms with E-state index in [1.54, 1.807) is 25.6 Å². The van der Waals surface area contributed by atoms with Crippen LogP contribution in [0.2, 0.25) is 0 Å². The lowest BCUT2D eigenvalue weighted by Gasteiger charge is -2.32. The zero-order valence-electron chi connectivity index (χ0n) is 12.0. The Hall–Kier alpha value is 0.390. The number of nitrogens with two attached hydrogens (primary N) is 1. The fraction of sp³-hybridized carbons (Fsp3) is 0.133. The molecule has 0 aliphatic rings. The molecule has 3 N–H and O–H groups in total. The van der Waals surface area contributed by atoms with E-state index >= 15 is 0 Å². The maximum atomic E-state index is 11.9. The highest BCUT2D eigenvalue weighted by atomic mass is 127. The predicted octanol–water partition coefficient (Wildman–Crippen LogP) is 5.28. The Morgan fingerprint density at radius 1 is 1.08 bits per heavy atom. The number of ether oxygens (including phenoxy) is 1. The first kappa shape index (κ1) is 20.7. The van der Waals surface area contributed by atoms with Gasteiger partial charge in [0.15, 0.2) is 3.55 Å². The average molecular weight is 776 g/mol. The van der Waals surface area contributed by atoms with Gasteiger partial charge >= 0.3 is 0 Å². The van der Waals surface area contributed by atoms with Crippen LogP contribution >= 0.6 is 90.9 Å². The highest BCUT2D eigenvalue weighted by Crippen LogP contribution is 2.47. The van der Waals surface area contributed by atoms with E-state index in [2.05, 4.69) is 90.9 Å². The van der Waals surface area contributed by atoms with Gasteiger partial charge in [-0.05, 0) is 64.6 Å². The van der Waals surface area contributed by atoms with Crippen molar-refractivity contribution in [2.24, 2.45) is 5.73 Å². The summed E-state index contributed by atoms with van der Waals surface area (Å²) < 4.78 is 6.51. The van der Waals surface area contributed by atoms with Crippen molar-refractivity contribution in [3.8, 4) is 17.2 Å². The minimum atomic E-state index is -0.848. The van der Waals surface area contributed by atoms with Crippen molar-refractivity contribution in [2.75, 3.05) is 0 Å². The Morgan fingerprint density at radius 2 is 1.54 bits per heavy atom. The van der Waals surface area contributed by atoms with Crippen LogP contribution in [0.5, 0.6) is 17.2 Å². The molecule has 0 aromatic heterocycles. The summed E-state index contributed by atoms with van der Waals surface area (Å²) >= 11 is 8.45. The summed E-state index contributed by atoms with van der Waals surface area (Å²) in [7, 11) is 0. The van der Waals surface area contributed by atoms with Gasteiger partial charge in [0.1, 0.15) is 17.2 Å². The van der Waals surface area contributed by atoms with Crippen LogP contribution in [-0.2, 0) is 4.79 Å². The molecule has 0 bridgehead atoms. The van der Waals surface area contributed by atoms with E-state index in [-0.39, 0.29) is 9.67 Å². The van der Waals surface area contributed by atoms with Gasteiger partial charge in [-0.3, -0.25) is 4.79 Å². The molecule has 0 saturated heterocycles. The highest BCUT2D eigenvalue weighted by molar-refractivity contribution is 14.2. The third kappa shape index (κ3) is 4.76. The molecule has 0 aliphatic heterocycles. The van der Waals surface area contributed by atoms with E-state index in [9.17, 15) is 9.90 Å². The Kier molecular flexibility index (Phi) is 7.64. The molecule has 5 nitrogen and oxygen atoms in total. The molecule has 2 rings (SSSR count). The highest BCUT2D eigenvalue weighted by Gasteiger charge is 2.45. The zero-order valence-corrected chi connectivity index (χ0v) is 20.6. The quantitative estimate of drug-likeness (QED) is 0.182. The normalized spacial score (nSPS) is 14.9. The molecular formula is C15H12I4N2O3. The Balaban J connectivity index is 2.19. The van der Waals surface area contributed by atoms with Crippen LogP contribution in [0.1, 0.15) is 9.49 Å². The van der Waals surface area contributed by atoms with Crippen molar-refractivity contribution in [3.63, 3.8) is 0 Å². The van der Waals surface area contributed by atoms with Crippen molar-refractivity contribution in [2.45, 2.75) is 7.47 Å². The number of hydrogen-bond acceptors (Lipinski definition) is 4. The number of alkyl halides is 2. The fourth-order valence-corrected chi connectivity index (χ4v) is 5.33. The molecule has 0 aliphatic carbocycles. The van der Waals surface area contributed by atoms with Gasteiger partial charge in [0, 0.05) is 45.7 Å². The second-order valence-electron chi connectivity index (χ2n) is 4.80. The SMILES string of the molecule is NC(=O)[C@](I)(C(I)c1ccc(Oc2ccc(O)cc2)cc1)N(I)I. The molecular weight excluding hydrogens is 764 g/mol. The molecule has 1 amide bonds. The summed E-state index contributed by atoms with van der Waals surface area (Å²) in [5, 5.41) is 9.29. The second-order valence-corrected chi connectivity index (χ2v) is 11.5. The summed E-state index contributed by atoms with van der Waals surface area (Å²) in [5.41, 5.74) is 6.58. The zero-order chi connectivity index (χ0) is 17.9. The van der Waals surface area contributed by atoms with Crippen molar-refractivity contribution in [1.82, 2.24) is 1.33 Å².